The van der Waals surface area contributed by atoms with Gasteiger partial charge in [-0.25, -0.2) is 8.78 Å². The maximum atomic E-state index is 13.4. The van der Waals surface area contributed by atoms with Crippen LogP contribution in [0.1, 0.15) is 5.89 Å². The minimum absolute atomic E-state index is 0.0395. The molecule has 8 heteroatoms. The molecule has 2 aromatic rings. The molecule has 1 aromatic carbocycles. The fourth-order valence-electron chi connectivity index (χ4n) is 1.26. The van der Waals surface area contributed by atoms with Crippen molar-refractivity contribution in [3.63, 3.8) is 0 Å². The van der Waals surface area contributed by atoms with Gasteiger partial charge in [-0.3, -0.25) is 0 Å². The number of hydrogen-bond acceptors (Lipinski definition) is 5. The van der Waals surface area contributed by atoms with Crippen molar-refractivity contribution in [1.82, 2.24) is 15.5 Å². The van der Waals surface area contributed by atoms with E-state index in [0.717, 1.165) is 6.07 Å². The number of aromatic nitrogens is 2. The normalized spacial score (nSPS) is 10.7. The summed E-state index contributed by atoms with van der Waals surface area (Å²) in [5, 5.41) is 12.8. The van der Waals surface area contributed by atoms with Gasteiger partial charge in [-0.1, -0.05) is 5.10 Å². The van der Waals surface area contributed by atoms with Crippen LogP contribution in [0.3, 0.4) is 0 Å². The van der Waals surface area contributed by atoms with E-state index in [1.165, 1.54) is 6.07 Å². The van der Waals surface area contributed by atoms with Crippen molar-refractivity contribution in [1.29, 1.82) is 0 Å². The van der Waals surface area contributed by atoms with E-state index in [0.29, 0.717) is 12.4 Å². The fraction of sp³-hybridized carbons (Fsp3) is 0.200. The van der Waals surface area contributed by atoms with E-state index in [2.05, 4.69) is 36.8 Å². The molecule has 2 N–H and O–H groups in total. The number of nitrogens with one attached hydrogen (secondary N) is 2. The maximum Gasteiger partial charge on any atom is 0.320 e. The quantitative estimate of drug-likeness (QED) is 0.848. The highest BCUT2D eigenvalue weighted by Gasteiger charge is 2.11. The van der Waals surface area contributed by atoms with Gasteiger partial charge in [-0.15, -0.1) is 5.10 Å². The van der Waals surface area contributed by atoms with Crippen LogP contribution < -0.4 is 10.6 Å². The van der Waals surface area contributed by atoms with Gasteiger partial charge >= 0.3 is 6.01 Å². The molecule has 0 amide bonds. The average Bonchev–Trinajstić information content (AvgIpc) is 2.74. The number of anilines is 2. The third-order valence-electron chi connectivity index (χ3n) is 2.05. The van der Waals surface area contributed by atoms with E-state index in [-0.39, 0.29) is 16.2 Å². The van der Waals surface area contributed by atoms with Crippen molar-refractivity contribution < 1.29 is 13.2 Å². The topological polar surface area (TPSA) is 63.0 Å². The molecule has 0 atom stereocenters. The maximum absolute atomic E-state index is 13.4. The Morgan fingerprint density at radius 2 is 2.06 bits per heavy atom. The van der Waals surface area contributed by atoms with Crippen LogP contribution in [0.4, 0.5) is 20.5 Å². The SMILES string of the molecule is CNCc1nnc(Nc2cc(Br)c(F)cc2F)o1. The molecule has 0 saturated carbocycles. The lowest BCUT2D eigenvalue weighted by molar-refractivity contribution is 0.492. The molecule has 0 aliphatic rings. The smallest absolute Gasteiger partial charge is 0.320 e. The van der Waals surface area contributed by atoms with Gasteiger partial charge < -0.3 is 15.1 Å². The van der Waals surface area contributed by atoms with Gasteiger partial charge in [-0.05, 0) is 29.0 Å². The zero-order valence-electron chi connectivity index (χ0n) is 9.30. The van der Waals surface area contributed by atoms with Crippen LogP contribution >= 0.6 is 15.9 Å². The van der Waals surface area contributed by atoms with Crippen molar-refractivity contribution >= 4 is 27.6 Å². The molecule has 2 rings (SSSR count). The first-order valence-corrected chi connectivity index (χ1v) is 5.78. The standard InChI is InChI=1S/C10H9BrF2N4O/c1-14-4-9-16-17-10(18-9)15-8-2-5(11)6(12)3-7(8)13/h2-3,14H,4H2,1H3,(H,15,17). The van der Waals surface area contributed by atoms with Crippen molar-refractivity contribution in [3.05, 3.63) is 34.1 Å². The highest BCUT2D eigenvalue weighted by Crippen LogP contribution is 2.25. The van der Waals surface area contributed by atoms with Gasteiger partial charge in [-0.2, -0.15) is 0 Å². The average molecular weight is 319 g/mol. The van der Waals surface area contributed by atoms with E-state index in [1.807, 2.05) is 0 Å². The summed E-state index contributed by atoms with van der Waals surface area (Å²) in [7, 11) is 1.73. The fourth-order valence-corrected chi connectivity index (χ4v) is 1.60. The number of hydrogen-bond donors (Lipinski definition) is 2. The molecular weight excluding hydrogens is 310 g/mol. The van der Waals surface area contributed by atoms with Crippen LogP contribution in [-0.2, 0) is 6.54 Å². The van der Waals surface area contributed by atoms with Crippen LogP contribution in [0.25, 0.3) is 0 Å². The zero-order valence-corrected chi connectivity index (χ0v) is 10.9. The van der Waals surface area contributed by atoms with Crippen molar-refractivity contribution in [3.8, 4) is 0 Å². The summed E-state index contributed by atoms with van der Waals surface area (Å²) in [6.45, 7) is 0.407. The van der Waals surface area contributed by atoms with Crippen molar-refractivity contribution in [2.45, 2.75) is 6.54 Å². The van der Waals surface area contributed by atoms with Gasteiger partial charge in [0.2, 0.25) is 5.89 Å². The van der Waals surface area contributed by atoms with Gasteiger partial charge in [0.1, 0.15) is 11.6 Å². The molecule has 5 nitrogen and oxygen atoms in total. The molecule has 0 spiro atoms. The van der Waals surface area contributed by atoms with Crippen LogP contribution in [-0.4, -0.2) is 17.2 Å². The van der Waals surface area contributed by atoms with Crippen LogP contribution in [0, 0.1) is 11.6 Å². The Morgan fingerprint density at radius 1 is 1.28 bits per heavy atom. The molecule has 18 heavy (non-hydrogen) atoms. The minimum atomic E-state index is -0.746. The predicted octanol–water partition coefficient (Wildman–Crippen LogP) is 2.57. The second-order valence-electron chi connectivity index (χ2n) is 3.40. The Balaban J connectivity index is 2.20. The lowest BCUT2D eigenvalue weighted by Crippen LogP contribution is -2.04. The summed E-state index contributed by atoms with van der Waals surface area (Å²) in [4.78, 5) is 0. The van der Waals surface area contributed by atoms with Crippen LogP contribution in [0.5, 0.6) is 0 Å². The molecule has 1 aromatic heterocycles. The Hall–Kier alpha value is -1.54. The molecule has 1 heterocycles. The third-order valence-corrected chi connectivity index (χ3v) is 2.65. The number of halogens is 3. The second kappa shape index (κ2) is 5.40. The summed E-state index contributed by atoms with van der Waals surface area (Å²) < 4.78 is 31.8. The van der Waals surface area contributed by atoms with E-state index in [4.69, 9.17) is 4.42 Å². The first-order chi connectivity index (χ1) is 8.60. The molecular formula is C10H9BrF2N4O. The Kier molecular flexibility index (Phi) is 3.87. The summed E-state index contributed by atoms with van der Waals surface area (Å²) in [6.07, 6.45) is 0. The van der Waals surface area contributed by atoms with Crippen molar-refractivity contribution in [2.24, 2.45) is 0 Å². The van der Waals surface area contributed by atoms with E-state index in [1.54, 1.807) is 7.05 Å². The Labute approximate surface area is 110 Å². The molecule has 0 bridgehead atoms. The summed E-state index contributed by atoms with van der Waals surface area (Å²) >= 11 is 2.97. The summed E-state index contributed by atoms with van der Waals surface area (Å²) in [6, 6.07) is 2.06. The van der Waals surface area contributed by atoms with Crippen LogP contribution in [0.2, 0.25) is 0 Å². The number of nitrogens with zero attached hydrogens (tertiary/aromatic N) is 2. The van der Waals surface area contributed by atoms with Crippen molar-refractivity contribution in [2.75, 3.05) is 12.4 Å². The molecule has 0 fully saturated rings. The minimum Gasteiger partial charge on any atom is -0.406 e. The molecule has 0 aliphatic carbocycles. The molecule has 0 saturated heterocycles. The predicted molar refractivity (Wildman–Crippen MR) is 64.4 cm³/mol. The lowest BCUT2D eigenvalue weighted by atomic mass is 10.3. The van der Waals surface area contributed by atoms with E-state index < -0.39 is 11.6 Å². The van der Waals surface area contributed by atoms with Gasteiger partial charge in [0.15, 0.2) is 0 Å². The van der Waals surface area contributed by atoms with Gasteiger partial charge in [0.25, 0.3) is 0 Å². The summed E-state index contributed by atoms with van der Waals surface area (Å²) in [5.74, 6) is -1.06. The number of benzene rings is 1. The Morgan fingerprint density at radius 3 is 2.78 bits per heavy atom. The molecule has 0 aliphatic heterocycles. The van der Waals surface area contributed by atoms with Crippen LogP contribution in [0.15, 0.2) is 21.0 Å². The van der Waals surface area contributed by atoms with Gasteiger partial charge in [0.05, 0.1) is 16.7 Å². The largest absolute Gasteiger partial charge is 0.406 e. The molecule has 0 unspecified atom stereocenters. The first-order valence-electron chi connectivity index (χ1n) is 4.98. The monoisotopic (exact) mass is 318 g/mol. The second-order valence-corrected chi connectivity index (χ2v) is 4.26. The molecule has 0 radical (unpaired) electrons. The lowest BCUT2D eigenvalue weighted by Gasteiger charge is -2.04. The third kappa shape index (κ3) is 2.82. The van der Waals surface area contributed by atoms with E-state index >= 15 is 0 Å². The highest BCUT2D eigenvalue weighted by atomic mass is 79.9. The summed E-state index contributed by atoms with van der Waals surface area (Å²) in [5.41, 5.74) is 0.0444. The molecule has 96 valence electrons. The van der Waals surface area contributed by atoms with E-state index in [9.17, 15) is 8.78 Å². The first kappa shape index (κ1) is 12.9. The Bertz CT molecular complexity index is 561. The number of rotatable bonds is 4. The zero-order chi connectivity index (χ0) is 13.1. The highest BCUT2D eigenvalue weighted by molar-refractivity contribution is 9.10. The van der Waals surface area contributed by atoms with Gasteiger partial charge in [0, 0.05) is 6.07 Å².